The average Bonchev–Trinajstić information content (AvgIpc) is 3.48. The zero-order valence-electron chi connectivity index (χ0n) is 19.5. The van der Waals surface area contributed by atoms with Gasteiger partial charge in [0.2, 0.25) is 0 Å². The van der Waals surface area contributed by atoms with Gasteiger partial charge >= 0.3 is 6.03 Å². The van der Waals surface area contributed by atoms with E-state index in [1.165, 1.54) is 39.0 Å². The largest absolute Gasteiger partial charge is 0.483 e. The maximum absolute atomic E-state index is 14.5. The number of primary amides is 1. The lowest BCUT2D eigenvalue weighted by molar-refractivity contribution is 0.0257. The molecule has 5 rings (SSSR count). The van der Waals surface area contributed by atoms with Crippen molar-refractivity contribution in [3.8, 4) is 23.2 Å². The first-order chi connectivity index (χ1) is 17.7. The second-order valence-corrected chi connectivity index (χ2v) is 8.60. The molecule has 4 heterocycles. The SMILES string of the molecule is Cn1ncc(C(N)=O)c1-c1cc(OC2CN(C(=O)N3N=CCC3c3cc(F)cc(C#N)c3)C2)c(F)cn1. The molecule has 0 saturated carbocycles. The lowest BCUT2D eigenvalue weighted by Crippen LogP contribution is -2.58. The number of carbonyl (C=O) groups excluding carboxylic acids is 2. The highest BCUT2D eigenvalue weighted by molar-refractivity contribution is 5.98. The summed E-state index contributed by atoms with van der Waals surface area (Å²) in [7, 11) is 1.60. The van der Waals surface area contributed by atoms with E-state index in [0.29, 0.717) is 17.7 Å². The number of urea groups is 1. The van der Waals surface area contributed by atoms with Gasteiger partial charge in [-0.1, -0.05) is 0 Å². The number of halogens is 2. The molecule has 3 aromatic rings. The monoisotopic (exact) mass is 506 g/mol. The Hall–Kier alpha value is -4.86. The zero-order chi connectivity index (χ0) is 26.3. The van der Waals surface area contributed by atoms with E-state index in [9.17, 15) is 18.4 Å². The highest BCUT2D eigenvalue weighted by atomic mass is 19.1. The van der Waals surface area contributed by atoms with Crippen LogP contribution < -0.4 is 10.5 Å². The van der Waals surface area contributed by atoms with Crippen molar-refractivity contribution in [3.63, 3.8) is 0 Å². The van der Waals surface area contributed by atoms with Crippen molar-refractivity contribution in [1.29, 1.82) is 5.26 Å². The van der Waals surface area contributed by atoms with E-state index in [1.807, 2.05) is 6.07 Å². The van der Waals surface area contributed by atoms with E-state index in [2.05, 4.69) is 15.2 Å². The number of nitrogens with two attached hydrogens (primary N) is 1. The molecular formula is C24H20F2N8O3. The number of aryl methyl sites for hydroxylation is 1. The molecule has 0 spiro atoms. The number of carbonyl (C=O) groups is 2. The summed E-state index contributed by atoms with van der Waals surface area (Å²) >= 11 is 0. The number of hydrogen-bond acceptors (Lipinski definition) is 7. The summed E-state index contributed by atoms with van der Waals surface area (Å²) in [5, 5.41) is 18.5. The molecule has 1 aromatic carbocycles. The Morgan fingerprint density at radius 3 is 2.70 bits per heavy atom. The topological polar surface area (TPSA) is 143 Å². The molecule has 2 aliphatic rings. The molecular weight excluding hydrogens is 486 g/mol. The Morgan fingerprint density at radius 2 is 1.97 bits per heavy atom. The molecule has 3 amide bonds. The highest BCUT2D eigenvalue weighted by Crippen LogP contribution is 2.32. The predicted octanol–water partition coefficient (Wildman–Crippen LogP) is 2.35. The maximum atomic E-state index is 14.5. The standard InChI is InChI=1S/C24H20F2N8O3/c1-32-22(17(9-31-32)23(28)35)19-7-21(18(26)10-29-19)37-16-11-33(12-16)24(36)34-20(2-3-30-34)14-4-13(8-27)5-15(25)6-14/h3-7,9-10,16,20H,2,11-12H2,1H3,(H2,28,35). The number of rotatable bonds is 5. The van der Waals surface area contributed by atoms with Gasteiger partial charge < -0.3 is 15.4 Å². The van der Waals surface area contributed by atoms with Gasteiger partial charge in [-0.3, -0.25) is 14.5 Å². The summed E-state index contributed by atoms with van der Waals surface area (Å²) in [5.74, 6) is -2.08. The number of nitrogens with zero attached hydrogens (tertiary/aromatic N) is 7. The zero-order valence-corrected chi connectivity index (χ0v) is 19.5. The summed E-state index contributed by atoms with van der Waals surface area (Å²) in [6.45, 7) is 0.332. The van der Waals surface area contributed by atoms with Gasteiger partial charge in [0.1, 0.15) is 11.9 Å². The predicted molar refractivity (Wildman–Crippen MR) is 125 cm³/mol. The fraction of sp³-hybridized carbons (Fsp3) is 0.250. The fourth-order valence-corrected chi connectivity index (χ4v) is 4.30. The van der Waals surface area contributed by atoms with Gasteiger partial charge in [0.25, 0.3) is 5.91 Å². The molecule has 2 N–H and O–H groups in total. The third kappa shape index (κ3) is 4.44. The van der Waals surface area contributed by atoms with Crippen LogP contribution >= 0.6 is 0 Å². The molecule has 0 radical (unpaired) electrons. The molecule has 0 aliphatic carbocycles. The van der Waals surface area contributed by atoms with E-state index in [4.69, 9.17) is 15.7 Å². The van der Waals surface area contributed by atoms with Crippen LogP contribution in [0, 0.1) is 23.0 Å². The Bertz CT molecular complexity index is 1480. The normalized spacial score (nSPS) is 17.0. The van der Waals surface area contributed by atoms with Crippen molar-refractivity contribution in [2.24, 2.45) is 17.9 Å². The quantitative estimate of drug-likeness (QED) is 0.563. The summed E-state index contributed by atoms with van der Waals surface area (Å²) < 4.78 is 35.6. The number of nitriles is 1. The van der Waals surface area contributed by atoms with Crippen molar-refractivity contribution in [1.82, 2.24) is 24.7 Å². The van der Waals surface area contributed by atoms with Crippen molar-refractivity contribution in [3.05, 3.63) is 65.0 Å². The molecule has 2 aromatic heterocycles. The molecule has 37 heavy (non-hydrogen) atoms. The molecule has 13 heteroatoms. The lowest BCUT2D eigenvalue weighted by atomic mass is 10.0. The van der Waals surface area contributed by atoms with Crippen molar-refractivity contribution < 1.29 is 23.1 Å². The van der Waals surface area contributed by atoms with Crippen LogP contribution in [-0.2, 0) is 7.05 Å². The smallest absolute Gasteiger partial charge is 0.341 e. The van der Waals surface area contributed by atoms with Gasteiger partial charge in [-0.15, -0.1) is 0 Å². The molecule has 1 unspecified atom stereocenters. The Labute approximate surface area is 209 Å². The van der Waals surface area contributed by atoms with Crippen LogP contribution in [0.5, 0.6) is 5.75 Å². The molecule has 1 atom stereocenters. The number of benzene rings is 1. The van der Waals surface area contributed by atoms with Gasteiger partial charge in [-0.25, -0.2) is 18.6 Å². The van der Waals surface area contributed by atoms with Gasteiger partial charge in [-0.05, 0) is 23.8 Å². The minimum atomic E-state index is -0.708. The van der Waals surface area contributed by atoms with Gasteiger partial charge in [-0.2, -0.15) is 15.5 Å². The van der Waals surface area contributed by atoms with E-state index in [0.717, 1.165) is 12.3 Å². The molecule has 1 fully saturated rings. The minimum Gasteiger partial charge on any atom is -0.483 e. The van der Waals surface area contributed by atoms with Crippen molar-refractivity contribution in [2.45, 2.75) is 18.6 Å². The number of amides is 3. The van der Waals surface area contributed by atoms with Crippen LogP contribution in [0.1, 0.15) is 33.9 Å². The van der Waals surface area contributed by atoms with Crippen molar-refractivity contribution >= 4 is 18.2 Å². The first kappa shape index (κ1) is 23.9. The number of pyridine rings is 1. The number of hydrazone groups is 1. The van der Waals surface area contributed by atoms with E-state index in [-0.39, 0.29) is 35.7 Å². The Balaban J connectivity index is 1.27. The second kappa shape index (κ2) is 9.30. The lowest BCUT2D eigenvalue weighted by Gasteiger charge is -2.41. The van der Waals surface area contributed by atoms with Gasteiger partial charge in [0.05, 0.1) is 60.1 Å². The fourth-order valence-electron chi connectivity index (χ4n) is 4.30. The highest BCUT2D eigenvalue weighted by Gasteiger charge is 2.39. The van der Waals surface area contributed by atoms with Crippen LogP contribution in [0.15, 0.2) is 41.8 Å². The summed E-state index contributed by atoms with van der Waals surface area (Å²) in [6.07, 6.45) is 3.71. The number of hydrogen-bond donors (Lipinski definition) is 1. The van der Waals surface area contributed by atoms with E-state index >= 15 is 0 Å². The van der Waals surface area contributed by atoms with Gasteiger partial charge in [0.15, 0.2) is 11.6 Å². The number of ether oxygens (including phenoxy) is 1. The number of aromatic nitrogens is 3. The third-order valence-electron chi connectivity index (χ3n) is 6.14. The van der Waals surface area contributed by atoms with Crippen LogP contribution in [0.2, 0.25) is 0 Å². The molecule has 0 bridgehead atoms. The maximum Gasteiger partial charge on any atom is 0.341 e. The summed E-state index contributed by atoms with van der Waals surface area (Å²) in [4.78, 5) is 30.3. The molecule has 11 nitrogen and oxygen atoms in total. The molecule has 1 saturated heterocycles. The van der Waals surface area contributed by atoms with Crippen LogP contribution in [0.25, 0.3) is 11.4 Å². The first-order valence-corrected chi connectivity index (χ1v) is 11.2. The molecule has 188 valence electrons. The van der Waals surface area contributed by atoms with Crippen molar-refractivity contribution in [2.75, 3.05) is 13.1 Å². The Morgan fingerprint density at radius 1 is 1.19 bits per heavy atom. The van der Waals surface area contributed by atoms with Crippen LogP contribution in [0.4, 0.5) is 13.6 Å². The van der Waals surface area contributed by atoms with E-state index in [1.54, 1.807) is 13.3 Å². The number of likely N-dealkylation sites (tertiary alicyclic amines) is 1. The van der Waals surface area contributed by atoms with Crippen LogP contribution in [0.3, 0.4) is 0 Å². The third-order valence-corrected chi connectivity index (χ3v) is 6.14. The second-order valence-electron chi connectivity index (χ2n) is 8.60. The summed E-state index contributed by atoms with van der Waals surface area (Å²) in [6, 6.07) is 6.21. The first-order valence-electron chi connectivity index (χ1n) is 11.2. The average molecular weight is 506 g/mol. The summed E-state index contributed by atoms with van der Waals surface area (Å²) in [5.41, 5.74) is 6.72. The van der Waals surface area contributed by atoms with Gasteiger partial charge in [0, 0.05) is 25.7 Å². The minimum absolute atomic E-state index is 0.0976. The van der Waals surface area contributed by atoms with Crippen LogP contribution in [-0.4, -0.2) is 62.0 Å². The molecule has 2 aliphatic heterocycles. The Kier molecular flexibility index (Phi) is 6.00. The van der Waals surface area contributed by atoms with E-state index < -0.39 is 35.7 Å².